The highest BCUT2D eigenvalue weighted by Crippen LogP contribution is 2.46. The summed E-state index contributed by atoms with van der Waals surface area (Å²) in [6, 6.07) is 1.40. The standard InChI is InChI=1S/C13H17BrN2O4/c1-2-20-10-8(12(15)18)5-9(16-11(10)14)13(19,6-17)7-3-4-7/h5,7,17,19H,2-4,6H2,1H3,(H2,15,18). The second kappa shape index (κ2) is 5.67. The van der Waals surface area contributed by atoms with Crippen LogP contribution in [0.15, 0.2) is 10.7 Å². The zero-order valence-corrected chi connectivity index (χ0v) is 12.7. The molecule has 0 bridgehead atoms. The van der Waals surface area contributed by atoms with E-state index in [0.29, 0.717) is 6.61 Å². The first-order valence-electron chi connectivity index (χ1n) is 6.40. The average molecular weight is 345 g/mol. The van der Waals surface area contributed by atoms with Crippen molar-refractivity contribution in [1.29, 1.82) is 0 Å². The summed E-state index contributed by atoms with van der Waals surface area (Å²) in [5.74, 6) is -0.473. The fourth-order valence-electron chi connectivity index (χ4n) is 2.17. The van der Waals surface area contributed by atoms with E-state index in [4.69, 9.17) is 10.5 Å². The van der Waals surface area contributed by atoms with Gasteiger partial charge in [-0.15, -0.1) is 0 Å². The molecule has 1 unspecified atom stereocenters. The third-order valence-electron chi connectivity index (χ3n) is 3.42. The van der Waals surface area contributed by atoms with Crippen LogP contribution in [-0.2, 0) is 5.60 Å². The van der Waals surface area contributed by atoms with Crippen LogP contribution in [-0.4, -0.2) is 34.3 Å². The smallest absolute Gasteiger partial charge is 0.252 e. The molecule has 7 heteroatoms. The second-order valence-corrected chi connectivity index (χ2v) is 5.58. The summed E-state index contributed by atoms with van der Waals surface area (Å²) in [6.07, 6.45) is 1.63. The van der Waals surface area contributed by atoms with Crippen LogP contribution in [0.5, 0.6) is 5.75 Å². The molecule has 1 aliphatic carbocycles. The van der Waals surface area contributed by atoms with Gasteiger partial charge in [-0.05, 0) is 47.7 Å². The molecule has 1 aliphatic rings. The Morgan fingerprint density at radius 3 is 2.75 bits per heavy atom. The largest absolute Gasteiger partial charge is 0.490 e. The number of nitrogens with two attached hydrogens (primary N) is 1. The van der Waals surface area contributed by atoms with Gasteiger partial charge in [-0.25, -0.2) is 4.98 Å². The molecule has 1 aromatic rings. The van der Waals surface area contributed by atoms with Gasteiger partial charge in [0, 0.05) is 0 Å². The summed E-state index contributed by atoms with van der Waals surface area (Å²) >= 11 is 3.22. The Morgan fingerprint density at radius 1 is 1.65 bits per heavy atom. The highest BCUT2D eigenvalue weighted by molar-refractivity contribution is 9.10. The van der Waals surface area contributed by atoms with Gasteiger partial charge in [-0.1, -0.05) is 0 Å². The van der Waals surface area contributed by atoms with Crippen molar-refractivity contribution < 1.29 is 19.7 Å². The molecule has 1 saturated carbocycles. The Balaban J connectivity index is 2.53. The van der Waals surface area contributed by atoms with Crippen LogP contribution in [0.1, 0.15) is 35.8 Å². The molecule has 20 heavy (non-hydrogen) atoms. The van der Waals surface area contributed by atoms with Crippen molar-refractivity contribution in [2.24, 2.45) is 11.7 Å². The normalized spacial score (nSPS) is 17.6. The molecule has 0 saturated heterocycles. The SMILES string of the molecule is CCOc1c(C(N)=O)cc(C(O)(CO)C2CC2)nc1Br. The lowest BCUT2D eigenvalue weighted by atomic mass is 9.93. The summed E-state index contributed by atoms with van der Waals surface area (Å²) in [6.45, 7) is 1.68. The summed E-state index contributed by atoms with van der Waals surface area (Å²) < 4.78 is 5.64. The van der Waals surface area contributed by atoms with Gasteiger partial charge in [0.15, 0.2) is 5.75 Å². The number of primary amides is 1. The molecule has 0 aliphatic heterocycles. The first kappa shape index (κ1) is 15.2. The van der Waals surface area contributed by atoms with E-state index in [0.717, 1.165) is 12.8 Å². The lowest BCUT2D eigenvalue weighted by Crippen LogP contribution is -2.34. The van der Waals surface area contributed by atoms with Crippen LogP contribution in [0.25, 0.3) is 0 Å². The quantitative estimate of drug-likeness (QED) is 0.665. The number of carbonyl (C=O) groups is 1. The average Bonchev–Trinajstić information content (AvgIpc) is 3.24. The molecular formula is C13H17BrN2O4. The van der Waals surface area contributed by atoms with Crippen LogP contribution >= 0.6 is 15.9 Å². The number of aliphatic hydroxyl groups excluding tert-OH is 1. The Bertz CT molecular complexity index is 533. The molecule has 1 heterocycles. The molecule has 1 fully saturated rings. The fraction of sp³-hybridized carbons (Fsp3) is 0.538. The number of rotatable bonds is 6. The minimum atomic E-state index is -1.45. The van der Waals surface area contributed by atoms with Crippen molar-refractivity contribution in [3.8, 4) is 5.75 Å². The first-order valence-corrected chi connectivity index (χ1v) is 7.20. The zero-order chi connectivity index (χ0) is 14.9. The summed E-state index contributed by atoms with van der Waals surface area (Å²) in [4.78, 5) is 15.8. The van der Waals surface area contributed by atoms with Gasteiger partial charge in [0.25, 0.3) is 5.91 Å². The molecule has 1 amide bonds. The van der Waals surface area contributed by atoms with Crippen LogP contribution in [0, 0.1) is 5.92 Å². The molecule has 4 N–H and O–H groups in total. The number of amides is 1. The summed E-state index contributed by atoms with van der Waals surface area (Å²) in [7, 11) is 0. The molecular weight excluding hydrogens is 328 g/mol. The van der Waals surface area contributed by atoms with E-state index in [1.807, 2.05) is 0 Å². The number of halogens is 1. The van der Waals surface area contributed by atoms with Crippen LogP contribution in [0.4, 0.5) is 0 Å². The van der Waals surface area contributed by atoms with Gasteiger partial charge >= 0.3 is 0 Å². The molecule has 0 spiro atoms. The highest BCUT2D eigenvalue weighted by atomic mass is 79.9. The number of nitrogens with zero attached hydrogens (tertiary/aromatic N) is 1. The number of carbonyl (C=O) groups excluding carboxylic acids is 1. The topological polar surface area (TPSA) is 106 Å². The molecule has 1 atom stereocenters. The predicted octanol–water partition coefficient (Wildman–Crippen LogP) is 0.932. The van der Waals surface area contributed by atoms with Gasteiger partial charge < -0.3 is 20.7 Å². The first-order chi connectivity index (χ1) is 9.43. The van der Waals surface area contributed by atoms with E-state index < -0.39 is 18.1 Å². The lowest BCUT2D eigenvalue weighted by molar-refractivity contribution is -0.0420. The maximum Gasteiger partial charge on any atom is 0.252 e. The number of aliphatic hydroxyl groups is 2. The van der Waals surface area contributed by atoms with Crippen molar-refractivity contribution in [2.45, 2.75) is 25.4 Å². The minimum absolute atomic E-state index is 0.0504. The molecule has 2 rings (SSSR count). The van der Waals surface area contributed by atoms with Crippen molar-refractivity contribution in [3.05, 3.63) is 21.9 Å². The number of hydrogen-bond acceptors (Lipinski definition) is 5. The van der Waals surface area contributed by atoms with Crippen LogP contribution in [0.2, 0.25) is 0 Å². The Morgan fingerprint density at radius 2 is 2.30 bits per heavy atom. The Hall–Kier alpha value is -1.18. The molecule has 1 aromatic heterocycles. The van der Waals surface area contributed by atoms with E-state index in [9.17, 15) is 15.0 Å². The van der Waals surface area contributed by atoms with Crippen molar-refractivity contribution in [2.75, 3.05) is 13.2 Å². The van der Waals surface area contributed by atoms with Gasteiger partial charge in [0.1, 0.15) is 10.2 Å². The summed E-state index contributed by atoms with van der Waals surface area (Å²) in [5.41, 5.74) is 4.26. The van der Waals surface area contributed by atoms with Crippen LogP contribution < -0.4 is 10.5 Å². The minimum Gasteiger partial charge on any atom is -0.490 e. The highest BCUT2D eigenvalue weighted by Gasteiger charge is 2.46. The van der Waals surface area contributed by atoms with Crippen molar-refractivity contribution >= 4 is 21.8 Å². The zero-order valence-electron chi connectivity index (χ0n) is 11.1. The van der Waals surface area contributed by atoms with Crippen LogP contribution in [0.3, 0.4) is 0 Å². The molecule has 0 radical (unpaired) electrons. The maximum atomic E-state index is 11.6. The van der Waals surface area contributed by atoms with Gasteiger partial charge in [0.05, 0.1) is 24.5 Å². The lowest BCUT2D eigenvalue weighted by Gasteiger charge is -2.26. The monoisotopic (exact) mass is 344 g/mol. The molecule has 6 nitrogen and oxygen atoms in total. The number of ether oxygens (including phenoxy) is 1. The van der Waals surface area contributed by atoms with E-state index in [1.54, 1.807) is 6.92 Å². The predicted molar refractivity (Wildman–Crippen MR) is 75.3 cm³/mol. The third kappa shape index (κ3) is 2.65. The van der Waals surface area contributed by atoms with E-state index in [-0.39, 0.29) is 27.5 Å². The van der Waals surface area contributed by atoms with E-state index >= 15 is 0 Å². The fourth-order valence-corrected chi connectivity index (χ4v) is 2.69. The van der Waals surface area contributed by atoms with E-state index in [2.05, 4.69) is 20.9 Å². The van der Waals surface area contributed by atoms with Gasteiger partial charge in [-0.3, -0.25) is 4.79 Å². The van der Waals surface area contributed by atoms with Crippen molar-refractivity contribution in [1.82, 2.24) is 4.98 Å². The van der Waals surface area contributed by atoms with E-state index in [1.165, 1.54) is 6.07 Å². The Labute approximate surface area is 125 Å². The number of aromatic nitrogens is 1. The maximum absolute atomic E-state index is 11.6. The third-order valence-corrected chi connectivity index (χ3v) is 3.96. The number of hydrogen-bond donors (Lipinski definition) is 3. The molecule has 110 valence electrons. The molecule has 0 aromatic carbocycles. The number of pyridine rings is 1. The van der Waals surface area contributed by atoms with Gasteiger partial charge in [0.2, 0.25) is 0 Å². The van der Waals surface area contributed by atoms with Crippen molar-refractivity contribution in [3.63, 3.8) is 0 Å². The second-order valence-electron chi connectivity index (χ2n) is 4.83. The summed E-state index contributed by atoms with van der Waals surface area (Å²) in [5, 5.41) is 20.0. The van der Waals surface area contributed by atoms with Gasteiger partial charge in [-0.2, -0.15) is 0 Å². The Kier molecular flexibility index (Phi) is 4.31.